The molecule has 6 heteroatoms. The SMILES string of the molecule is Cc1ccc(NC(=O)CN(c2cccc(C)c2C)S(=O)(=O)c2ccccc2)c(C)c1. The molecule has 0 atom stereocenters. The van der Waals surface area contributed by atoms with Crippen molar-refractivity contribution in [2.75, 3.05) is 16.2 Å². The van der Waals surface area contributed by atoms with Crippen LogP contribution in [0.15, 0.2) is 71.6 Å². The number of rotatable bonds is 6. The molecule has 0 radical (unpaired) electrons. The van der Waals surface area contributed by atoms with Gasteiger partial charge in [0.25, 0.3) is 10.0 Å². The van der Waals surface area contributed by atoms with E-state index >= 15 is 0 Å². The molecule has 156 valence electrons. The summed E-state index contributed by atoms with van der Waals surface area (Å²) in [5.41, 5.74) is 4.95. The van der Waals surface area contributed by atoms with Gasteiger partial charge in [-0.25, -0.2) is 8.42 Å². The largest absolute Gasteiger partial charge is 0.324 e. The lowest BCUT2D eigenvalue weighted by Gasteiger charge is -2.26. The molecule has 3 rings (SSSR count). The van der Waals surface area contributed by atoms with Crippen molar-refractivity contribution in [3.8, 4) is 0 Å². The second kappa shape index (κ2) is 8.71. The zero-order valence-corrected chi connectivity index (χ0v) is 18.5. The molecule has 30 heavy (non-hydrogen) atoms. The third-order valence-corrected chi connectivity index (χ3v) is 6.89. The maximum absolute atomic E-state index is 13.4. The van der Waals surface area contributed by atoms with Crippen LogP contribution < -0.4 is 9.62 Å². The summed E-state index contributed by atoms with van der Waals surface area (Å²) < 4.78 is 28.1. The van der Waals surface area contributed by atoms with E-state index in [9.17, 15) is 13.2 Å². The first-order valence-electron chi connectivity index (χ1n) is 9.71. The number of benzene rings is 3. The van der Waals surface area contributed by atoms with E-state index in [2.05, 4.69) is 5.32 Å². The number of aryl methyl sites for hydroxylation is 3. The van der Waals surface area contributed by atoms with Crippen molar-refractivity contribution in [2.45, 2.75) is 32.6 Å². The van der Waals surface area contributed by atoms with Crippen LogP contribution in [0.3, 0.4) is 0 Å². The van der Waals surface area contributed by atoms with Gasteiger partial charge in [0.05, 0.1) is 10.6 Å². The van der Waals surface area contributed by atoms with Crippen molar-refractivity contribution in [1.82, 2.24) is 0 Å². The highest BCUT2D eigenvalue weighted by Gasteiger charge is 2.28. The molecule has 1 N–H and O–H groups in total. The lowest BCUT2D eigenvalue weighted by molar-refractivity contribution is -0.114. The van der Waals surface area contributed by atoms with E-state index in [1.807, 2.05) is 52.0 Å². The van der Waals surface area contributed by atoms with Gasteiger partial charge in [-0.1, -0.05) is 48.0 Å². The van der Waals surface area contributed by atoms with E-state index in [4.69, 9.17) is 0 Å². The van der Waals surface area contributed by atoms with E-state index in [0.29, 0.717) is 11.4 Å². The fraction of sp³-hybridized carbons (Fsp3) is 0.208. The zero-order chi connectivity index (χ0) is 21.9. The normalized spacial score (nSPS) is 11.2. The van der Waals surface area contributed by atoms with Crippen LogP contribution in [0.2, 0.25) is 0 Å². The van der Waals surface area contributed by atoms with Gasteiger partial charge in [0.15, 0.2) is 0 Å². The molecular weight excluding hydrogens is 396 g/mol. The molecule has 3 aromatic rings. The first-order valence-corrected chi connectivity index (χ1v) is 11.2. The molecule has 0 spiro atoms. The van der Waals surface area contributed by atoms with Gasteiger partial charge < -0.3 is 5.32 Å². The summed E-state index contributed by atoms with van der Waals surface area (Å²) in [6.07, 6.45) is 0. The third-order valence-electron chi connectivity index (χ3n) is 5.12. The Hall–Kier alpha value is -3.12. The fourth-order valence-electron chi connectivity index (χ4n) is 3.30. The van der Waals surface area contributed by atoms with Crippen LogP contribution in [0, 0.1) is 27.7 Å². The average Bonchev–Trinajstić information content (AvgIpc) is 2.71. The Balaban J connectivity index is 1.99. The molecule has 1 amide bonds. The number of hydrogen-bond donors (Lipinski definition) is 1. The molecule has 5 nitrogen and oxygen atoms in total. The fourth-order valence-corrected chi connectivity index (χ4v) is 4.80. The molecular formula is C24H26N2O3S. The van der Waals surface area contributed by atoms with Gasteiger partial charge in [0.2, 0.25) is 5.91 Å². The number of hydrogen-bond acceptors (Lipinski definition) is 3. The summed E-state index contributed by atoms with van der Waals surface area (Å²) in [6.45, 7) is 7.34. The quantitative estimate of drug-likeness (QED) is 0.623. The van der Waals surface area contributed by atoms with Gasteiger partial charge in [-0.15, -0.1) is 0 Å². The summed E-state index contributed by atoms with van der Waals surface area (Å²) in [6, 6.07) is 19.3. The van der Waals surface area contributed by atoms with Crippen molar-refractivity contribution in [3.05, 3.63) is 89.0 Å². The topological polar surface area (TPSA) is 66.5 Å². The van der Waals surface area contributed by atoms with E-state index in [1.54, 1.807) is 30.3 Å². The monoisotopic (exact) mass is 422 g/mol. The van der Waals surface area contributed by atoms with Gasteiger partial charge in [-0.05, 0) is 68.7 Å². The number of nitrogens with one attached hydrogen (secondary N) is 1. The van der Waals surface area contributed by atoms with Crippen LogP contribution in [-0.2, 0) is 14.8 Å². The van der Waals surface area contributed by atoms with Gasteiger partial charge in [-0.3, -0.25) is 9.10 Å². The van der Waals surface area contributed by atoms with Crippen molar-refractivity contribution in [3.63, 3.8) is 0 Å². The smallest absolute Gasteiger partial charge is 0.264 e. The summed E-state index contributed by atoms with van der Waals surface area (Å²) in [5, 5.41) is 2.85. The predicted octanol–water partition coefficient (Wildman–Crippen LogP) is 4.75. The minimum Gasteiger partial charge on any atom is -0.324 e. The van der Waals surface area contributed by atoms with E-state index < -0.39 is 15.9 Å². The second-order valence-electron chi connectivity index (χ2n) is 7.41. The molecule has 0 aromatic heterocycles. The van der Waals surface area contributed by atoms with Crippen molar-refractivity contribution in [1.29, 1.82) is 0 Å². The highest BCUT2D eigenvalue weighted by Crippen LogP contribution is 2.28. The highest BCUT2D eigenvalue weighted by atomic mass is 32.2. The van der Waals surface area contributed by atoms with Crippen LogP contribution in [0.25, 0.3) is 0 Å². The Kier molecular flexibility index (Phi) is 6.27. The Morgan fingerprint density at radius 3 is 2.23 bits per heavy atom. The number of amides is 1. The molecule has 0 saturated heterocycles. The van der Waals surface area contributed by atoms with Gasteiger partial charge >= 0.3 is 0 Å². The molecule has 0 heterocycles. The number of nitrogens with zero attached hydrogens (tertiary/aromatic N) is 1. The summed E-state index contributed by atoms with van der Waals surface area (Å²) in [5.74, 6) is -0.401. The van der Waals surface area contributed by atoms with Gasteiger partial charge in [-0.2, -0.15) is 0 Å². The molecule has 0 saturated carbocycles. The number of anilines is 2. The maximum atomic E-state index is 13.4. The van der Waals surface area contributed by atoms with Crippen LogP contribution in [0.1, 0.15) is 22.3 Å². The van der Waals surface area contributed by atoms with Gasteiger partial charge in [0.1, 0.15) is 6.54 Å². The molecule has 0 aliphatic carbocycles. The maximum Gasteiger partial charge on any atom is 0.264 e. The zero-order valence-electron chi connectivity index (χ0n) is 17.6. The van der Waals surface area contributed by atoms with E-state index in [1.165, 1.54) is 16.4 Å². The molecule has 0 aliphatic rings. The van der Waals surface area contributed by atoms with Crippen LogP contribution in [0.5, 0.6) is 0 Å². The number of sulfonamides is 1. The second-order valence-corrected chi connectivity index (χ2v) is 9.27. The van der Waals surface area contributed by atoms with Crippen LogP contribution in [0.4, 0.5) is 11.4 Å². The molecule has 0 unspecified atom stereocenters. The van der Waals surface area contributed by atoms with Crippen molar-refractivity contribution >= 4 is 27.3 Å². The van der Waals surface area contributed by atoms with Crippen LogP contribution >= 0.6 is 0 Å². The lowest BCUT2D eigenvalue weighted by Crippen LogP contribution is -2.38. The minimum absolute atomic E-state index is 0.144. The molecule has 0 fully saturated rings. The van der Waals surface area contributed by atoms with E-state index in [-0.39, 0.29) is 11.4 Å². The Morgan fingerprint density at radius 2 is 1.57 bits per heavy atom. The summed E-state index contributed by atoms with van der Waals surface area (Å²) in [4.78, 5) is 13.0. The lowest BCUT2D eigenvalue weighted by atomic mass is 10.1. The summed E-state index contributed by atoms with van der Waals surface area (Å²) in [7, 11) is -3.93. The Bertz CT molecular complexity index is 1170. The first-order chi connectivity index (χ1) is 14.2. The van der Waals surface area contributed by atoms with Crippen molar-refractivity contribution < 1.29 is 13.2 Å². The minimum atomic E-state index is -3.93. The van der Waals surface area contributed by atoms with E-state index in [0.717, 1.165) is 22.3 Å². The molecule has 0 aliphatic heterocycles. The number of carbonyl (C=O) groups is 1. The molecule has 3 aromatic carbocycles. The third kappa shape index (κ3) is 4.54. The average molecular weight is 423 g/mol. The Morgan fingerprint density at radius 1 is 0.867 bits per heavy atom. The van der Waals surface area contributed by atoms with Crippen LogP contribution in [-0.4, -0.2) is 20.9 Å². The highest BCUT2D eigenvalue weighted by molar-refractivity contribution is 7.92. The summed E-state index contributed by atoms with van der Waals surface area (Å²) >= 11 is 0. The first kappa shape index (κ1) is 21.6. The number of carbonyl (C=O) groups excluding carboxylic acids is 1. The predicted molar refractivity (Wildman–Crippen MR) is 121 cm³/mol. The molecule has 0 bridgehead atoms. The Labute approximate surface area is 178 Å². The van der Waals surface area contributed by atoms with Crippen molar-refractivity contribution in [2.24, 2.45) is 0 Å². The van der Waals surface area contributed by atoms with Gasteiger partial charge in [0, 0.05) is 5.69 Å². The standard InChI is InChI=1S/C24H26N2O3S/c1-17-13-14-22(19(3)15-17)25-24(27)16-26(23-12-8-9-18(2)20(23)4)30(28,29)21-10-6-5-7-11-21/h5-15H,16H2,1-4H3,(H,25,27).